The van der Waals surface area contributed by atoms with E-state index in [2.05, 4.69) is 31.3 Å². The summed E-state index contributed by atoms with van der Waals surface area (Å²) in [5, 5.41) is 6.23. The standard InChI is InChI=1S/C12H22N2OSi/c1-6-12-11(2)9-13-14(12)10-15-7-8-16(3,4)5/h6,9H,2,7-8,10H2,1,3-5H3/b12-6+. The van der Waals surface area contributed by atoms with Gasteiger partial charge < -0.3 is 4.74 Å². The monoisotopic (exact) mass is 238 g/mol. The molecule has 0 saturated heterocycles. The highest BCUT2D eigenvalue weighted by Gasteiger charge is 2.11. The lowest BCUT2D eigenvalue weighted by atomic mass is 10.4. The molecule has 90 valence electrons. The minimum absolute atomic E-state index is 0.527. The summed E-state index contributed by atoms with van der Waals surface area (Å²) in [4.78, 5) is 0. The second-order valence-electron chi connectivity index (χ2n) is 5.19. The molecule has 0 unspecified atom stereocenters. The number of ether oxygens (including phenoxy) is 1. The van der Waals surface area contributed by atoms with E-state index in [0.717, 1.165) is 17.2 Å². The Balaban J connectivity index is 2.47. The van der Waals surface area contributed by atoms with E-state index in [0.29, 0.717) is 6.73 Å². The summed E-state index contributed by atoms with van der Waals surface area (Å²) in [6.07, 6.45) is 3.79. The van der Waals surface area contributed by atoms with Gasteiger partial charge in [0, 0.05) is 19.9 Å². The van der Waals surface area contributed by atoms with Crippen LogP contribution in [0.3, 0.4) is 0 Å². The molecule has 0 radical (unpaired) electrons. The second kappa shape index (κ2) is 5.45. The zero-order chi connectivity index (χ0) is 12.2. The maximum Gasteiger partial charge on any atom is 0.139 e. The Bertz CT molecular complexity index is 431. The minimum Gasteiger partial charge on any atom is -0.360 e. The third kappa shape index (κ3) is 3.94. The Kier molecular flexibility index (Phi) is 4.50. The molecule has 16 heavy (non-hydrogen) atoms. The van der Waals surface area contributed by atoms with E-state index in [1.54, 1.807) is 6.20 Å². The van der Waals surface area contributed by atoms with Gasteiger partial charge in [-0.2, -0.15) is 5.10 Å². The number of hydrogen-bond acceptors (Lipinski definition) is 2. The summed E-state index contributed by atoms with van der Waals surface area (Å²) in [6.45, 7) is 14.3. The SMILES string of the molecule is C=c1cnn(COCC[Si](C)(C)C)/c1=C/C. The van der Waals surface area contributed by atoms with Crippen LogP contribution in [-0.2, 0) is 11.5 Å². The third-order valence-electron chi connectivity index (χ3n) is 2.44. The molecule has 1 aromatic heterocycles. The summed E-state index contributed by atoms with van der Waals surface area (Å²) in [5.41, 5.74) is 0. The van der Waals surface area contributed by atoms with E-state index in [4.69, 9.17) is 4.74 Å². The van der Waals surface area contributed by atoms with Gasteiger partial charge in [-0.25, -0.2) is 4.68 Å². The van der Waals surface area contributed by atoms with Gasteiger partial charge in [0.25, 0.3) is 0 Å². The molecule has 1 heterocycles. The lowest BCUT2D eigenvalue weighted by Crippen LogP contribution is -2.29. The number of nitrogens with zero attached hydrogens (tertiary/aromatic N) is 2. The fourth-order valence-electron chi connectivity index (χ4n) is 1.40. The molecule has 0 amide bonds. The van der Waals surface area contributed by atoms with E-state index in [1.165, 1.54) is 6.04 Å². The molecule has 0 saturated carbocycles. The van der Waals surface area contributed by atoms with Crippen LogP contribution >= 0.6 is 0 Å². The van der Waals surface area contributed by atoms with Gasteiger partial charge in [0.05, 0.1) is 11.5 Å². The van der Waals surface area contributed by atoms with Gasteiger partial charge in [0.2, 0.25) is 0 Å². The van der Waals surface area contributed by atoms with Crippen LogP contribution in [0.4, 0.5) is 0 Å². The van der Waals surface area contributed by atoms with Crippen molar-refractivity contribution in [2.24, 2.45) is 0 Å². The van der Waals surface area contributed by atoms with Crippen LogP contribution in [0, 0.1) is 0 Å². The van der Waals surface area contributed by atoms with Crippen LogP contribution in [-0.4, -0.2) is 24.5 Å². The predicted octanol–water partition coefficient (Wildman–Crippen LogP) is 1.41. The number of rotatable bonds is 5. The second-order valence-corrected chi connectivity index (χ2v) is 10.8. The highest BCUT2D eigenvalue weighted by Crippen LogP contribution is 2.07. The normalized spacial score (nSPS) is 13.4. The molecule has 0 spiro atoms. The fraction of sp³-hybridized carbons (Fsp3) is 0.583. The molecule has 4 heteroatoms. The van der Waals surface area contributed by atoms with Crippen LogP contribution < -0.4 is 10.6 Å². The molecule has 0 aromatic carbocycles. The van der Waals surface area contributed by atoms with E-state index in [1.807, 2.05) is 17.7 Å². The first-order valence-corrected chi connectivity index (χ1v) is 9.39. The molecule has 1 rings (SSSR count). The quantitative estimate of drug-likeness (QED) is 0.573. The fourth-order valence-corrected chi connectivity index (χ4v) is 2.16. The van der Waals surface area contributed by atoms with Crippen LogP contribution in [0.1, 0.15) is 6.92 Å². The van der Waals surface area contributed by atoms with Crippen molar-refractivity contribution in [3.05, 3.63) is 16.8 Å². The zero-order valence-corrected chi connectivity index (χ0v) is 11.8. The van der Waals surface area contributed by atoms with Crippen molar-refractivity contribution in [1.82, 2.24) is 9.78 Å². The van der Waals surface area contributed by atoms with E-state index in [9.17, 15) is 0 Å². The predicted molar refractivity (Wildman–Crippen MR) is 71.2 cm³/mol. The average Bonchev–Trinajstić information content (AvgIpc) is 2.52. The van der Waals surface area contributed by atoms with Crippen molar-refractivity contribution in [1.29, 1.82) is 0 Å². The molecule has 0 atom stereocenters. The van der Waals surface area contributed by atoms with Crippen LogP contribution in [0.25, 0.3) is 12.7 Å². The Morgan fingerprint density at radius 2 is 2.19 bits per heavy atom. The van der Waals surface area contributed by atoms with Gasteiger partial charge >= 0.3 is 0 Å². The topological polar surface area (TPSA) is 27.1 Å². The molecule has 3 nitrogen and oxygen atoms in total. The van der Waals surface area contributed by atoms with Crippen molar-refractivity contribution >= 4 is 20.7 Å². The van der Waals surface area contributed by atoms with Crippen molar-refractivity contribution in [3.63, 3.8) is 0 Å². The first-order chi connectivity index (χ1) is 7.44. The lowest BCUT2D eigenvalue weighted by molar-refractivity contribution is 0.0765. The molecule has 1 aromatic rings. The van der Waals surface area contributed by atoms with Gasteiger partial charge in [-0.1, -0.05) is 32.3 Å². The van der Waals surface area contributed by atoms with Crippen molar-refractivity contribution in [2.45, 2.75) is 39.3 Å². The first-order valence-electron chi connectivity index (χ1n) is 5.69. The molecule has 0 aliphatic carbocycles. The van der Waals surface area contributed by atoms with E-state index >= 15 is 0 Å². The molecule has 0 N–H and O–H groups in total. The Morgan fingerprint density at radius 3 is 2.75 bits per heavy atom. The minimum atomic E-state index is -0.987. The van der Waals surface area contributed by atoms with Crippen molar-refractivity contribution in [2.75, 3.05) is 6.61 Å². The van der Waals surface area contributed by atoms with Gasteiger partial charge in [-0.15, -0.1) is 0 Å². The maximum atomic E-state index is 5.64. The highest BCUT2D eigenvalue weighted by molar-refractivity contribution is 6.76. The van der Waals surface area contributed by atoms with Crippen molar-refractivity contribution < 1.29 is 4.74 Å². The zero-order valence-electron chi connectivity index (χ0n) is 10.8. The summed E-state index contributed by atoms with van der Waals surface area (Å²) in [6, 6.07) is 1.19. The average molecular weight is 238 g/mol. The highest BCUT2D eigenvalue weighted by atomic mass is 28.3. The molecule has 0 bridgehead atoms. The largest absolute Gasteiger partial charge is 0.360 e. The lowest BCUT2D eigenvalue weighted by Gasteiger charge is -2.15. The first kappa shape index (κ1) is 13.2. The summed E-state index contributed by atoms with van der Waals surface area (Å²) in [5.74, 6) is 0. The van der Waals surface area contributed by atoms with Gasteiger partial charge in [-0.3, -0.25) is 0 Å². The van der Waals surface area contributed by atoms with Gasteiger partial charge in [0.15, 0.2) is 0 Å². The Morgan fingerprint density at radius 1 is 1.50 bits per heavy atom. The van der Waals surface area contributed by atoms with Crippen molar-refractivity contribution in [3.8, 4) is 0 Å². The maximum absolute atomic E-state index is 5.64. The van der Waals surface area contributed by atoms with E-state index < -0.39 is 8.07 Å². The summed E-state index contributed by atoms with van der Waals surface area (Å²) < 4.78 is 7.49. The van der Waals surface area contributed by atoms with E-state index in [-0.39, 0.29) is 0 Å². The molecular weight excluding hydrogens is 216 g/mol. The molecule has 0 fully saturated rings. The van der Waals surface area contributed by atoms with Crippen LogP contribution in [0.5, 0.6) is 0 Å². The van der Waals surface area contributed by atoms with Crippen LogP contribution in [0.15, 0.2) is 6.20 Å². The number of hydrogen-bond donors (Lipinski definition) is 0. The molecule has 0 aliphatic rings. The Hall–Kier alpha value is -0.873. The Labute approximate surface area is 98.4 Å². The van der Waals surface area contributed by atoms with Gasteiger partial charge in [0.1, 0.15) is 6.73 Å². The summed E-state index contributed by atoms with van der Waals surface area (Å²) >= 11 is 0. The smallest absolute Gasteiger partial charge is 0.139 e. The third-order valence-corrected chi connectivity index (χ3v) is 4.15. The summed E-state index contributed by atoms with van der Waals surface area (Å²) in [7, 11) is -0.987. The van der Waals surface area contributed by atoms with Gasteiger partial charge in [-0.05, 0) is 13.0 Å². The number of aromatic nitrogens is 2. The van der Waals surface area contributed by atoms with Crippen LogP contribution in [0.2, 0.25) is 25.7 Å². The molecular formula is C12H22N2OSi. The molecule has 0 aliphatic heterocycles.